The van der Waals surface area contributed by atoms with E-state index in [9.17, 15) is 4.79 Å². The molecule has 2 aromatic heterocycles. The second-order valence-corrected chi connectivity index (χ2v) is 7.94. The fraction of sp³-hybridized carbons (Fsp3) is 0.381. The number of rotatable bonds is 3. The Morgan fingerprint density at radius 1 is 1.32 bits per heavy atom. The maximum Gasteiger partial charge on any atom is 0.230 e. The van der Waals surface area contributed by atoms with Gasteiger partial charge in [-0.3, -0.25) is 4.79 Å². The van der Waals surface area contributed by atoms with Crippen LogP contribution >= 0.6 is 0 Å². The van der Waals surface area contributed by atoms with Crippen LogP contribution in [0.2, 0.25) is 0 Å². The number of hydrogen-bond acceptors (Lipinski definition) is 5. The third kappa shape index (κ3) is 2.78. The highest BCUT2D eigenvalue weighted by Gasteiger charge is 2.41. The monoisotopic (exact) mass is 376 g/mol. The number of amides is 1. The molecule has 1 unspecified atom stereocenters. The lowest BCUT2D eigenvalue weighted by atomic mass is 9.72. The van der Waals surface area contributed by atoms with Crippen molar-refractivity contribution >= 4 is 22.6 Å². The number of fused-ring (bicyclic) bond motifs is 2. The molecule has 0 spiro atoms. The van der Waals surface area contributed by atoms with Crippen molar-refractivity contribution in [2.45, 2.75) is 31.3 Å². The van der Waals surface area contributed by atoms with E-state index < -0.39 is 0 Å². The van der Waals surface area contributed by atoms with Gasteiger partial charge in [0, 0.05) is 42.1 Å². The van der Waals surface area contributed by atoms with Crippen LogP contribution in [0.4, 0.5) is 5.82 Å². The Bertz CT molecular complexity index is 1030. The quantitative estimate of drug-likeness (QED) is 0.649. The molecule has 3 atom stereocenters. The van der Waals surface area contributed by atoms with Crippen LogP contribution < -0.4 is 11.1 Å². The molecule has 1 amide bonds. The number of piperidine rings is 1. The van der Waals surface area contributed by atoms with Gasteiger partial charge in [-0.2, -0.15) is 5.10 Å². The van der Waals surface area contributed by atoms with Crippen molar-refractivity contribution < 1.29 is 4.79 Å². The fourth-order valence-electron chi connectivity index (χ4n) is 4.90. The molecule has 1 fully saturated rings. The van der Waals surface area contributed by atoms with E-state index in [1.54, 1.807) is 12.1 Å². The minimum atomic E-state index is -0.0852. The molecule has 144 valence electrons. The first-order valence-corrected chi connectivity index (χ1v) is 9.76. The molecule has 1 aliphatic heterocycles. The van der Waals surface area contributed by atoms with Crippen LogP contribution in [-0.2, 0) is 17.8 Å². The highest BCUT2D eigenvalue weighted by molar-refractivity contribution is 5.92. The second-order valence-electron chi connectivity index (χ2n) is 7.94. The van der Waals surface area contributed by atoms with E-state index in [1.165, 1.54) is 22.0 Å². The zero-order valence-electron chi connectivity index (χ0n) is 15.9. The van der Waals surface area contributed by atoms with Gasteiger partial charge in [-0.25, -0.2) is 0 Å². The molecule has 1 aromatic carbocycles. The second kappa shape index (κ2) is 6.68. The van der Waals surface area contributed by atoms with Crippen LogP contribution in [0.3, 0.4) is 0 Å². The SMILES string of the molecule is CN1C[C@H](C(=O)Nc2ccc(CN)nn2)CC2c3cccc4[nH]cc(c34)C[C@H]21. The van der Waals surface area contributed by atoms with Gasteiger partial charge in [0.1, 0.15) is 0 Å². The van der Waals surface area contributed by atoms with Crippen LogP contribution in [0.25, 0.3) is 10.9 Å². The number of nitrogens with zero attached hydrogens (tertiary/aromatic N) is 3. The first-order chi connectivity index (χ1) is 13.6. The Morgan fingerprint density at radius 3 is 3.00 bits per heavy atom. The lowest BCUT2D eigenvalue weighted by Crippen LogP contribution is -2.50. The summed E-state index contributed by atoms with van der Waals surface area (Å²) in [5.74, 6) is 0.753. The molecule has 0 saturated carbocycles. The number of nitrogens with one attached hydrogen (secondary N) is 2. The number of anilines is 1. The molecular formula is C21H24N6O. The molecule has 0 bridgehead atoms. The number of carbonyl (C=O) groups excluding carboxylic acids is 1. The fourth-order valence-corrected chi connectivity index (χ4v) is 4.90. The van der Waals surface area contributed by atoms with E-state index in [0.717, 1.165) is 19.4 Å². The average Bonchev–Trinajstić information content (AvgIpc) is 3.13. The number of nitrogens with two attached hydrogens (primary N) is 1. The van der Waals surface area contributed by atoms with Gasteiger partial charge in [0.25, 0.3) is 0 Å². The molecule has 0 radical (unpaired) electrons. The summed E-state index contributed by atoms with van der Waals surface area (Å²) in [6.45, 7) is 1.08. The number of carbonyl (C=O) groups is 1. The molecule has 28 heavy (non-hydrogen) atoms. The van der Waals surface area contributed by atoms with E-state index in [1.807, 2.05) is 0 Å². The predicted octanol–water partition coefficient (Wildman–Crippen LogP) is 2.02. The summed E-state index contributed by atoms with van der Waals surface area (Å²) >= 11 is 0. The highest BCUT2D eigenvalue weighted by atomic mass is 16.2. The molecule has 2 aliphatic rings. The average molecular weight is 376 g/mol. The molecule has 7 heteroatoms. The van der Waals surface area contributed by atoms with Crippen LogP contribution in [-0.4, -0.2) is 45.6 Å². The molecular weight excluding hydrogens is 352 g/mol. The molecule has 1 aliphatic carbocycles. The zero-order valence-corrected chi connectivity index (χ0v) is 15.9. The van der Waals surface area contributed by atoms with Crippen LogP contribution in [0.15, 0.2) is 36.5 Å². The van der Waals surface area contributed by atoms with E-state index in [-0.39, 0.29) is 11.8 Å². The summed E-state index contributed by atoms with van der Waals surface area (Å²) in [4.78, 5) is 18.7. The standard InChI is InChI=1S/C21H24N6O/c1-27-11-13(21(28)24-19-6-5-14(9-22)25-26-19)7-16-15-3-2-4-17-20(15)12(10-23-17)8-18(16)27/h2-6,10,13,16,18,23H,7-9,11,22H2,1H3,(H,24,26,28)/t13-,16?,18-/m1/s1. The van der Waals surface area contributed by atoms with Crippen LogP contribution in [0.1, 0.15) is 29.2 Å². The maximum absolute atomic E-state index is 12.9. The minimum absolute atomic E-state index is 0.00661. The first-order valence-electron chi connectivity index (χ1n) is 9.76. The number of likely N-dealkylation sites (tertiary alicyclic amines) is 1. The molecule has 1 saturated heterocycles. The lowest BCUT2D eigenvalue weighted by molar-refractivity contribution is -0.122. The van der Waals surface area contributed by atoms with Crippen molar-refractivity contribution in [3.05, 3.63) is 53.3 Å². The Kier molecular flexibility index (Phi) is 4.14. The summed E-state index contributed by atoms with van der Waals surface area (Å²) in [6, 6.07) is 10.4. The summed E-state index contributed by atoms with van der Waals surface area (Å²) in [5.41, 5.74) is 10.2. The van der Waals surface area contributed by atoms with Crippen LogP contribution in [0.5, 0.6) is 0 Å². The third-order valence-electron chi connectivity index (χ3n) is 6.28. The summed E-state index contributed by atoms with van der Waals surface area (Å²) in [6.07, 6.45) is 4.01. The largest absolute Gasteiger partial charge is 0.361 e. The Morgan fingerprint density at radius 2 is 2.21 bits per heavy atom. The lowest BCUT2D eigenvalue weighted by Gasteiger charge is -2.45. The topological polar surface area (TPSA) is 99.9 Å². The molecule has 7 nitrogen and oxygen atoms in total. The van der Waals surface area contributed by atoms with Gasteiger partial charge in [-0.1, -0.05) is 12.1 Å². The first kappa shape index (κ1) is 17.3. The van der Waals surface area contributed by atoms with Crippen molar-refractivity contribution in [2.24, 2.45) is 11.7 Å². The number of likely N-dealkylation sites (N-methyl/N-ethyl adjacent to an activating group) is 1. The van der Waals surface area contributed by atoms with Crippen molar-refractivity contribution in [2.75, 3.05) is 18.9 Å². The normalized spacial score (nSPS) is 24.1. The van der Waals surface area contributed by atoms with E-state index >= 15 is 0 Å². The van der Waals surface area contributed by atoms with E-state index in [2.05, 4.69) is 56.8 Å². The van der Waals surface area contributed by atoms with Crippen molar-refractivity contribution in [1.82, 2.24) is 20.1 Å². The number of hydrogen-bond donors (Lipinski definition) is 3. The summed E-state index contributed by atoms with van der Waals surface area (Å²) in [5, 5.41) is 12.4. The maximum atomic E-state index is 12.9. The van der Waals surface area contributed by atoms with Gasteiger partial charge >= 0.3 is 0 Å². The predicted molar refractivity (Wildman–Crippen MR) is 108 cm³/mol. The van der Waals surface area contributed by atoms with Gasteiger partial charge in [-0.05, 0) is 49.2 Å². The third-order valence-corrected chi connectivity index (χ3v) is 6.28. The minimum Gasteiger partial charge on any atom is -0.361 e. The highest BCUT2D eigenvalue weighted by Crippen LogP contribution is 2.44. The summed E-state index contributed by atoms with van der Waals surface area (Å²) < 4.78 is 0. The number of aromatic nitrogens is 3. The van der Waals surface area contributed by atoms with E-state index in [4.69, 9.17) is 5.73 Å². The summed E-state index contributed by atoms with van der Waals surface area (Å²) in [7, 11) is 2.13. The number of benzene rings is 1. The Hall–Kier alpha value is -2.77. The molecule has 5 rings (SSSR count). The van der Waals surface area contributed by atoms with Gasteiger partial charge < -0.3 is 20.9 Å². The van der Waals surface area contributed by atoms with Gasteiger partial charge in [-0.15, -0.1) is 5.10 Å². The Labute approximate surface area is 163 Å². The Balaban J connectivity index is 1.39. The van der Waals surface area contributed by atoms with Gasteiger partial charge in [0.05, 0.1) is 11.6 Å². The number of aromatic amines is 1. The van der Waals surface area contributed by atoms with Crippen molar-refractivity contribution in [1.29, 1.82) is 0 Å². The zero-order chi connectivity index (χ0) is 19.3. The van der Waals surface area contributed by atoms with Crippen molar-refractivity contribution in [3.8, 4) is 0 Å². The number of H-pyrrole nitrogens is 1. The van der Waals surface area contributed by atoms with Gasteiger partial charge in [0.2, 0.25) is 5.91 Å². The molecule has 4 N–H and O–H groups in total. The van der Waals surface area contributed by atoms with Crippen molar-refractivity contribution in [3.63, 3.8) is 0 Å². The molecule has 3 aromatic rings. The smallest absolute Gasteiger partial charge is 0.230 e. The van der Waals surface area contributed by atoms with Gasteiger partial charge in [0.15, 0.2) is 5.82 Å². The van der Waals surface area contributed by atoms with E-state index in [0.29, 0.717) is 30.0 Å². The molecule has 3 heterocycles. The van der Waals surface area contributed by atoms with Crippen LogP contribution in [0, 0.1) is 5.92 Å².